The predicted octanol–water partition coefficient (Wildman–Crippen LogP) is 2.57. The van der Waals surface area contributed by atoms with Crippen LogP contribution in [0.25, 0.3) is 0 Å². The van der Waals surface area contributed by atoms with E-state index in [1.54, 1.807) is 6.07 Å². The maximum atomic E-state index is 13.7. The Labute approximate surface area is 95.8 Å². The van der Waals surface area contributed by atoms with E-state index in [4.69, 9.17) is 4.74 Å². The highest BCUT2D eigenvalue weighted by atomic mass is 19.1. The fraction of sp³-hybridized carbons (Fsp3) is 0.538. The molecule has 2 nitrogen and oxygen atoms in total. The molecule has 1 aliphatic rings. The minimum Gasteiger partial charge on any atom is -0.368 e. The van der Waals surface area contributed by atoms with Gasteiger partial charge in [-0.1, -0.05) is 24.6 Å². The highest BCUT2D eigenvalue weighted by Gasteiger charge is 2.24. The molecule has 2 unspecified atom stereocenters. The SMILES string of the molecule is CCC1CNCC(c2cc(C)ccc2F)O1. The van der Waals surface area contributed by atoms with Crippen molar-refractivity contribution in [2.24, 2.45) is 0 Å². The van der Waals surface area contributed by atoms with Crippen LogP contribution in [0.15, 0.2) is 18.2 Å². The Morgan fingerprint density at radius 1 is 1.44 bits per heavy atom. The summed E-state index contributed by atoms with van der Waals surface area (Å²) in [5.74, 6) is -0.172. The van der Waals surface area contributed by atoms with Gasteiger partial charge in [0.05, 0.1) is 12.2 Å². The van der Waals surface area contributed by atoms with Crippen molar-refractivity contribution in [2.75, 3.05) is 13.1 Å². The molecule has 0 saturated carbocycles. The van der Waals surface area contributed by atoms with E-state index in [0.29, 0.717) is 12.1 Å². The summed E-state index contributed by atoms with van der Waals surface area (Å²) in [4.78, 5) is 0. The van der Waals surface area contributed by atoms with Gasteiger partial charge < -0.3 is 10.1 Å². The number of benzene rings is 1. The van der Waals surface area contributed by atoms with E-state index in [9.17, 15) is 4.39 Å². The summed E-state index contributed by atoms with van der Waals surface area (Å²) in [5.41, 5.74) is 1.74. The van der Waals surface area contributed by atoms with E-state index in [1.165, 1.54) is 6.07 Å². The molecule has 1 fully saturated rings. The molecule has 0 aromatic heterocycles. The van der Waals surface area contributed by atoms with Gasteiger partial charge in [0.1, 0.15) is 5.82 Å². The molecule has 0 bridgehead atoms. The monoisotopic (exact) mass is 223 g/mol. The van der Waals surface area contributed by atoms with Gasteiger partial charge in [0.2, 0.25) is 0 Å². The van der Waals surface area contributed by atoms with E-state index >= 15 is 0 Å². The van der Waals surface area contributed by atoms with Crippen LogP contribution in [-0.4, -0.2) is 19.2 Å². The van der Waals surface area contributed by atoms with E-state index in [2.05, 4.69) is 12.2 Å². The summed E-state index contributed by atoms with van der Waals surface area (Å²) < 4.78 is 19.5. The number of hydrogen-bond acceptors (Lipinski definition) is 2. The minimum atomic E-state index is -0.172. The van der Waals surface area contributed by atoms with Crippen LogP contribution < -0.4 is 5.32 Å². The molecule has 1 aliphatic heterocycles. The molecular formula is C13H18FNO. The Bertz CT molecular complexity index is 367. The number of nitrogens with one attached hydrogen (secondary N) is 1. The van der Waals surface area contributed by atoms with Crippen molar-refractivity contribution in [2.45, 2.75) is 32.5 Å². The van der Waals surface area contributed by atoms with Crippen LogP contribution in [0.1, 0.15) is 30.6 Å². The Morgan fingerprint density at radius 2 is 2.25 bits per heavy atom. The standard InChI is InChI=1S/C13H18FNO/c1-3-10-7-15-8-13(16-10)11-6-9(2)4-5-12(11)14/h4-6,10,13,15H,3,7-8H2,1-2H3. The topological polar surface area (TPSA) is 21.3 Å². The fourth-order valence-electron chi connectivity index (χ4n) is 2.04. The van der Waals surface area contributed by atoms with Gasteiger partial charge in [0.15, 0.2) is 0 Å². The largest absolute Gasteiger partial charge is 0.368 e. The summed E-state index contributed by atoms with van der Waals surface area (Å²) in [6.45, 7) is 5.61. The average molecular weight is 223 g/mol. The maximum absolute atomic E-state index is 13.7. The molecular weight excluding hydrogens is 205 g/mol. The van der Waals surface area contributed by atoms with Gasteiger partial charge in [-0.05, 0) is 19.4 Å². The summed E-state index contributed by atoms with van der Waals surface area (Å²) in [5, 5.41) is 3.29. The molecule has 0 radical (unpaired) electrons. The Morgan fingerprint density at radius 3 is 3.00 bits per heavy atom. The van der Waals surface area contributed by atoms with Gasteiger partial charge in [-0.2, -0.15) is 0 Å². The number of rotatable bonds is 2. The molecule has 3 heteroatoms. The number of halogens is 1. The van der Waals surface area contributed by atoms with Crippen molar-refractivity contribution in [3.05, 3.63) is 35.1 Å². The zero-order valence-corrected chi connectivity index (χ0v) is 9.79. The second kappa shape index (κ2) is 4.93. The lowest BCUT2D eigenvalue weighted by Gasteiger charge is -2.30. The molecule has 0 spiro atoms. The number of morpholine rings is 1. The van der Waals surface area contributed by atoms with Crippen LogP contribution in [-0.2, 0) is 4.74 Å². The van der Waals surface area contributed by atoms with Crippen LogP contribution >= 0.6 is 0 Å². The Hall–Kier alpha value is -0.930. The number of ether oxygens (including phenoxy) is 1. The summed E-state index contributed by atoms with van der Waals surface area (Å²) >= 11 is 0. The van der Waals surface area contributed by atoms with Crippen LogP contribution in [0.4, 0.5) is 4.39 Å². The van der Waals surface area contributed by atoms with Crippen molar-refractivity contribution in [3.8, 4) is 0 Å². The molecule has 1 saturated heterocycles. The molecule has 16 heavy (non-hydrogen) atoms. The first-order chi connectivity index (χ1) is 7.70. The van der Waals surface area contributed by atoms with Gasteiger partial charge in [-0.15, -0.1) is 0 Å². The third-order valence-corrected chi connectivity index (χ3v) is 3.01. The highest BCUT2D eigenvalue weighted by molar-refractivity contribution is 5.26. The molecule has 1 aromatic carbocycles. The van der Waals surface area contributed by atoms with Gasteiger partial charge >= 0.3 is 0 Å². The number of hydrogen-bond donors (Lipinski definition) is 1. The lowest BCUT2D eigenvalue weighted by Crippen LogP contribution is -2.40. The summed E-state index contributed by atoms with van der Waals surface area (Å²) in [7, 11) is 0. The van der Waals surface area contributed by atoms with Crippen LogP contribution in [0, 0.1) is 12.7 Å². The van der Waals surface area contributed by atoms with Gasteiger partial charge in [-0.25, -0.2) is 4.39 Å². The molecule has 88 valence electrons. The van der Waals surface area contributed by atoms with E-state index in [0.717, 1.165) is 18.5 Å². The lowest BCUT2D eigenvalue weighted by molar-refractivity contribution is -0.0415. The van der Waals surface area contributed by atoms with Crippen molar-refractivity contribution < 1.29 is 9.13 Å². The fourth-order valence-corrected chi connectivity index (χ4v) is 2.04. The van der Waals surface area contributed by atoms with Gasteiger partial charge in [-0.3, -0.25) is 0 Å². The molecule has 2 atom stereocenters. The van der Waals surface area contributed by atoms with E-state index < -0.39 is 0 Å². The van der Waals surface area contributed by atoms with Crippen molar-refractivity contribution in [3.63, 3.8) is 0 Å². The first kappa shape index (κ1) is 11.6. The van der Waals surface area contributed by atoms with E-state index in [-0.39, 0.29) is 18.0 Å². The first-order valence-corrected chi connectivity index (χ1v) is 5.83. The number of aryl methyl sites for hydroxylation is 1. The zero-order valence-electron chi connectivity index (χ0n) is 9.79. The smallest absolute Gasteiger partial charge is 0.129 e. The van der Waals surface area contributed by atoms with Crippen LogP contribution in [0.3, 0.4) is 0 Å². The van der Waals surface area contributed by atoms with Crippen molar-refractivity contribution in [1.82, 2.24) is 5.32 Å². The first-order valence-electron chi connectivity index (χ1n) is 5.83. The second-order valence-electron chi connectivity index (χ2n) is 4.34. The lowest BCUT2D eigenvalue weighted by atomic mass is 10.0. The van der Waals surface area contributed by atoms with Crippen LogP contribution in [0.5, 0.6) is 0 Å². The third-order valence-electron chi connectivity index (χ3n) is 3.01. The molecule has 0 aliphatic carbocycles. The predicted molar refractivity (Wildman–Crippen MR) is 61.9 cm³/mol. The van der Waals surface area contributed by atoms with Crippen LogP contribution in [0.2, 0.25) is 0 Å². The van der Waals surface area contributed by atoms with Gasteiger partial charge in [0, 0.05) is 18.7 Å². The van der Waals surface area contributed by atoms with E-state index in [1.807, 2.05) is 13.0 Å². The summed E-state index contributed by atoms with van der Waals surface area (Å²) in [6.07, 6.45) is 0.994. The molecule has 1 N–H and O–H groups in total. The maximum Gasteiger partial charge on any atom is 0.129 e. The average Bonchev–Trinajstić information content (AvgIpc) is 2.32. The van der Waals surface area contributed by atoms with Crippen molar-refractivity contribution >= 4 is 0 Å². The van der Waals surface area contributed by atoms with Gasteiger partial charge in [0.25, 0.3) is 0 Å². The summed E-state index contributed by atoms with van der Waals surface area (Å²) in [6, 6.07) is 5.18. The second-order valence-corrected chi connectivity index (χ2v) is 4.34. The Balaban J connectivity index is 2.19. The molecule has 2 rings (SSSR count). The molecule has 1 aromatic rings. The van der Waals surface area contributed by atoms with Crippen molar-refractivity contribution in [1.29, 1.82) is 0 Å². The Kier molecular flexibility index (Phi) is 3.56. The zero-order chi connectivity index (χ0) is 11.5. The normalized spacial score (nSPS) is 25.7. The third kappa shape index (κ3) is 2.42. The highest BCUT2D eigenvalue weighted by Crippen LogP contribution is 2.25. The molecule has 1 heterocycles. The molecule has 0 amide bonds. The minimum absolute atomic E-state index is 0.154. The quantitative estimate of drug-likeness (QED) is 0.832.